The van der Waals surface area contributed by atoms with Gasteiger partial charge in [0.15, 0.2) is 0 Å². The first-order valence-corrected chi connectivity index (χ1v) is 4.02. The van der Waals surface area contributed by atoms with Crippen LogP contribution in [0, 0.1) is 0 Å². The van der Waals surface area contributed by atoms with Gasteiger partial charge in [-0.25, -0.2) is 0 Å². The molecule has 3 nitrogen and oxygen atoms in total. The number of rotatable bonds is 0. The van der Waals surface area contributed by atoms with E-state index >= 15 is 0 Å². The number of piperidine rings is 1. The zero-order valence-electron chi connectivity index (χ0n) is 6.10. The molecule has 0 saturated carbocycles. The molecule has 0 aliphatic carbocycles. The van der Waals surface area contributed by atoms with Gasteiger partial charge in [0.1, 0.15) is 0 Å². The molecule has 0 radical (unpaired) electrons. The Morgan fingerprint density at radius 1 is 1.30 bits per heavy atom. The number of ether oxygens (including phenoxy) is 1. The normalized spacial score (nSPS) is 40.8. The fourth-order valence-corrected chi connectivity index (χ4v) is 1.69. The minimum Gasteiger partial charge on any atom is -0.375 e. The Kier molecular flexibility index (Phi) is 1.88. The van der Waals surface area contributed by atoms with E-state index in [2.05, 4.69) is 10.6 Å². The highest BCUT2D eigenvalue weighted by Crippen LogP contribution is 2.10. The summed E-state index contributed by atoms with van der Waals surface area (Å²) in [5.74, 6) is 0. The van der Waals surface area contributed by atoms with Crippen LogP contribution in [0.4, 0.5) is 0 Å². The number of morpholine rings is 1. The number of hydrogen-bond acceptors (Lipinski definition) is 3. The molecule has 0 aromatic rings. The molecule has 3 heteroatoms. The third-order valence-corrected chi connectivity index (χ3v) is 2.26. The van der Waals surface area contributed by atoms with Crippen molar-refractivity contribution in [1.82, 2.24) is 10.6 Å². The third-order valence-electron chi connectivity index (χ3n) is 2.26. The van der Waals surface area contributed by atoms with Gasteiger partial charge in [0.2, 0.25) is 0 Å². The van der Waals surface area contributed by atoms with E-state index in [-0.39, 0.29) is 0 Å². The van der Waals surface area contributed by atoms with Crippen molar-refractivity contribution in [3.05, 3.63) is 0 Å². The van der Waals surface area contributed by atoms with E-state index in [4.69, 9.17) is 4.74 Å². The molecule has 10 heavy (non-hydrogen) atoms. The van der Waals surface area contributed by atoms with E-state index in [0.717, 1.165) is 32.7 Å². The van der Waals surface area contributed by atoms with Gasteiger partial charge in [-0.1, -0.05) is 0 Å². The van der Waals surface area contributed by atoms with Crippen LogP contribution in [0.2, 0.25) is 0 Å². The summed E-state index contributed by atoms with van der Waals surface area (Å²) in [6.07, 6.45) is 1.65. The van der Waals surface area contributed by atoms with Crippen molar-refractivity contribution < 1.29 is 4.74 Å². The molecule has 0 bridgehead atoms. The molecule has 0 aromatic carbocycles. The van der Waals surface area contributed by atoms with Crippen molar-refractivity contribution >= 4 is 0 Å². The zero-order valence-corrected chi connectivity index (χ0v) is 6.10. The van der Waals surface area contributed by atoms with Crippen LogP contribution >= 0.6 is 0 Å². The van der Waals surface area contributed by atoms with Gasteiger partial charge in [-0.3, -0.25) is 0 Å². The van der Waals surface area contributed by atoms with Gasteiger partial charge < -0.3 is 15.4 Å². The second-order valence-corrected chi connectivity index (χ2v) is 2.96. The molecule has 2 N–H and O–H groups in total. The number of hydrogen-bond donors (Lipinski definition) is 2. The van der Waals surface area contributed by atoms with Crippen LogP contribution < -0.4 is 10.6 Å². The van der Waals surface area contributed by atoms with Crippen molar-refractivity contribution in [2.24, 2.45) is 0 Å². The van der Waals surface area contributed by atoms with Gasteiger partial charge in [0.05, 0.1) is 12.7 Å². The molecule has 2 heterocycles. The summed E-state index contributed by atoms with van der Waals surface area (Å²) >= 11 is 0. The second kappa shape index (κ2) is 2.86. The Bertz CT molecular complexity index is 92.2. The van der Waals surface area contributed by atoms with E-state index in [1.54, 1.807) is 0 Å². The average Bonchev–Trinajstić information content (AvgIpc) is 2.05. The smallest absolute Gasteiger partial charge is 0.0753 e. The predicted molar refractivity (Wildman–Crippen MR) is 39.0 cm³/mol. The first-order valence-electron chi connectivity index (χ1n) is 4.02. The molecule has 2 aliphatic rings. The third kappa shape index (κ3) is 1.17. The van der Waals surface area contributed by atoms with Crippen molar-refractivity contribution in [3.63, 3.8) is 0 Å². The van der Waals surface area contributed by atoms with E-state index in [1.807, 2.05) is 0 Å². The molecule has 2 atom stereocenters. The summed E-state index contributed by atoms with van der Waals surface area (Å²) in [7, 11) is 0. The van der Waals surface area contributed by atoms with Crippen LogP contribution in [0.5, 0.6) is 0 Å². The standard InChI is InChI=1S/C7H14N2O/c1-2-8-5-6-7(1)10-4-3-9-6/h6-9H,1-5H2. The van der Waals surface area contributed by atoms with E-state index in [9.17, 15) is 0 Å². The lowest BCUT2D eigenvalue weighted by atomic mass is 10.0. The second-order valence-electron chi connectivity index (χ2n) is 2.96. The zero-order chi connectivity index (χ0) is 6.81. The number of fused-ring (bicyclic) bond motifs is 1. The van der Waals surface area contributed by atoms with E-state index < -0.39 is 0 Å². The molecule has 0 spiro atoms. The Morgan fingerprint density at radius 2 is 2.30 bits per heavy atom. The Balaban J connectivity index is 1.93. The van der Waals surface area contributed by atoms with Gasteiger partial charge in [0.25, 0.3) is 0 Å². The van der Waals surface area contributed by atoms with Gasteiger partial charge in [-0.2, -0.15) is 0 Å². The van der Waals surface area contributed by atoms with Crippen molar-refractivity contribution in [2.45, 2.75) is 18.6 Å². The summed E-state index contributed by atoms with van der Waals surface area (Å²) in [6, 6.07) is 0.572. The summed E-state index contributed by atoms with van der Waals surface area (Å²) in [4.78, 5) is 0. The minimum atomic E-state index is 0.481. The van der Waals surface area contributed by atoms with Gasteiger partial charge in [-0.15, -0.1) is 0 Å². The van der Waals surface area contributed by atoms with Gasteiger partial charge >= 0.3 is 0 Å². The van der Waals surface area contributed by atoms with Crippen molar-refractivity contribution in [2.75, 3.05) is 26.2 Å². The lowest BCUT2D eigenvalue weighted by Gasteiger charge is -2.36. The molecule has 2 fully saturated rings. The van der Waals surface area contributed by atoms with Crippen LogP contribution in [-0.2, 0) is 4.74 Å². The quantitative estimate of drug-likeness (QED) is 0.471. The molecule has 2 rings (SSSR count). The first-order chi connectivity index (χ1) is 4.97. The largest absolute Gasteiger partial charge is 0.375 e. The molecule has 58 valence electrons. The Labute approximate surface area is 61.1 Å². The van der Waals surface area contributed by atoms with E-state index in [1.165, 1.54) is 0 Å². The maximum atomic E-state index is 5.58. The van der Waals surface area contributed by atoms with E-state index in [0.29, 0.717) is 12.1 Å². The lowest BCUT2D eigenvalue weighted by Crippen LogP contribution is -2.57. The SMILES string of the molecule is C1CC2OCCNC2CN1. The van der Waals surface area contributed by atoms with Gasteiger partial charge in [0, 0.05) is 19.1 Å². The summed E-state index contributed by atoms with van der Waals surface area (Å²) in [5.41, 5.74) is 0. The highest BCUT2D eigenvalue weighted by molar-refractivity contribution is 4.86. The van der Waals surface area contributed by atoms with Crippen LogP contribution in [0.25, 0.3) is 0 Å². The Morgan fingerprint density at radius 3 is 3.20 bits per heavy atom. The minimum absolute atomic E-state index is 0.481. The summed E-state index contributed by atoms with van der Waals surface area (Å²) in [6.45, 7) is 4.09. The lowest BCUT2D eigenvalue weighted by molar-refractivity contribution is -0.0180. The van der Waals surface area contributed by atoms with Crippen LogP contribution in [0.1, 0.15) is 6.42 Å². The molecular weight excluding hydrogens is 128 g/mol. The van der Waals surface area contributed by atoms with Crippen LogP contribution in [-0.4, -0.2) is 38.4 Å². The maximum absolute atomic E-state index is 5.58. The summed E-state index contributed by atoms with van der Waals surface area (Å²) in [5, 5.41) is 6.77. The number of nitrogens with one attached hydrogen (secondary N) is 2. The monoisotopic (exact) mass is 142 g/mol. The topological polar surface area (TPSA) is 33.3 Å². The maximum Gasteiger partial charge on any atom is 0.0753 e. The first kappa shape index (κ1) is 6.58. The average molecular weight is 142 g/mol. The highest BCUT2D eigenvalue weighted by Gasteiger charge is 2.27. The Hall–Kier alpha value is -0.120. The molecular formula is C7H14N2O. The molecule has 0 amide bonds. The molecule has 2 saturated heterocycles. The fraction of sp³-hybridized carbons (Fsp3) is 1.00. The van der Waals surface area contributed by atoms with Crippen molar-refractivity contribution in [1.29, 1.82) is 0 Å². The van der Waals surface area contributed by atoms with Crippen LogP contribution in [0.3, 0.4) is 0 Å². The highest BCUT2D eigenvalue weighted by atomic mass is 16.5. The van der Waals surface area contributed by atoms with Gasteiger partial charge in [-0.05, 0) is 13.0 Å². The predicted octanol–water partition coefficient (Wildman–Crippen LogP) is -0.663. The molecule has 2 unspecified atom stereocenters. The molecule has 2 aliphatic heterocycles. The molecule has 0 aromatic heterocycles. The summed E-state index contributed by atoms with van der Waals surface area (Å²) < 4.78 is 5.58. The van der Waals surface area contributed by atoms with Crippen molar-refractivity contribution in [3.8, 4) is 0 Å². The van der Waals surface area contributed by atoms with Crippen LogP contribution in [0.15, 0.2) is 0 Å². The fourth-order valence-electron chi connectivity index (χ4n) is 1.69.